The highest BCUT2D eigenvalue weighted by Crippen LogP contribution is 2.35. The smallest absolute Gasteiger partial charge is 0.407 e. The maximum Gasteiger partial charge on any atom is 0.407 e. The molecule has 5 saturated carbocycles. The van der Waals surface area contributed by atoms with Gasteiger partial charge in [0.05, 0.1) is 25.4 Å². The molecule has 26 nitrogen and oxygen atoms in total. The van der Waals surface area contributed by atoms with Crippen molar-refractivity contribution in [2.45, 2.75) is 294 Å². The fourth-order valence-corrected chi connectivity index (χ4v) is 18.2. The molecule has 3 aromatic carbocycles. The number of aliphatic hydroxyl groups is 2. The van der Waals surface area contributed by atoms with Gasteiger partial charge in [-0.3, -0.25) is 24.1 Å². The average Bonchev–Trinajstić information content (AvgIpc) is 1.62. The Kier molecular flexibility index (Phi) is 38.2. The van der Waals surface area contributed by atoms with E-state index in [4.69, 9.17) is 45.7 Å². The number of para-hydroxylation sites is 1. The number of rotatable bonds is 21. The molecule has 7 aliphatic carbocycles. The fraction of sp³-hybridized carbons (Fsp3) is 0.586. The van der Waals surface area contributed by atoms with Crippen LogP contribution in [0.3, 0.4) is 0 Å². The number of nitrogen functional groups attached to an aromatic ring is 2. The second-order valence-electron chi connectivity index (χ2n) is 37.8. The van der Waals surface area contributed by atoms with E-state index in [2.05, 4.69) is 89.9 Å². The van der Waals surface area contributed by atoms with E-state index >= 15 is 0 Å². The van der Waals surface area contributed by atoms with E-state index in [-0.39, 0.29) is 91.8 Å². The van der Waals surface area contributed by atoms with Gasteiger partial charge in [-0.15, -0.1) is 0 Å². The number of aromatic nitrogens is 3. The standard InChI is InChI=1S/C27H35N5O2.C18H23NO2.C18H21NO2.C13H23NO4.C13H25NO3.C10H15N3O/c1-18-17-34-25(21-8-11-26(28)29-15-21)16-32(18)13-12-19-6-9-22(10-7-19)30-27(33)24-14-20-4-2-3-5-23(20)31-24;2*20-10-9-13-5-7-17(8-6-13)19-18(21)16-11-14-3-1-2-4-15(14)12-16;1-13(2,3)18-12(17)14-10-6-4-9(5-7-10)8-11(15)16;1-13(2,3)17-12(16)14-11-6-4-10(5-7-11)8-9-15;1-7-6-14-9(5-12-7)8-2-3-10(11)13-4-8/h2-5,8,11,14-15,18-19,22,25,31H,6-7,9-10,12-13,16-17H2,1H3,(H2,28,29)(H,30,33);1-4,11,13,17,20H,5-10,12H2,(H,19,21);1-4,10-11,13,17H,5-9,12H2,(H,19,21);9-10H,4-8H2,1-3H3,(H,14,17)(H,15,16);10-11,15H,4-9H2,1-3H3,(H,14,16);2-4,7,9,12H,5-6H2,1H3,(H2,11,13)/t18-,19?,22?,25+;;;;;7-,9+/m0....0/s1. The number of nitrogens with one attached hydrogen (secondary N) is 7. The van der Waals surface area contributed by atoms with Gasteiger partial charge >= 0.3 is 18.2 Å². The molecule has 6 aromatic rings. The molecule has 125 heavy (non-hydrogen) atoms. The van der Waals surface area contributed by atoms with Crippen molar-refractivity contribution in [3.8, 4) is 0 Å². The van der Waals surface area contributed by atoms with Gasteiger partial charge < -0.3 is 87.4 Å². The van der Waals surface area contributed by atoms with E-state index in [1.165, 1.54) is 36.0 Å². The summed E-state index contributed by atoms with van der Waals surface area (Å²) in [5, 5.41) is 46.4. The SMILES string of the molecule is CC(C)(C)OC(=O)NC1CCC(CC(=O)O)CC1.CC(C)(C)OC(=O)NC1CCC(CCO)CC1.C[C@H]1CO[C@@H](c2ccc(N)nc2)CN1.C[C@H]1CO[C@@H](c2ccc(N)nc2)CN1CCC1CCC(NC(=O)c2cc3ccccc3[nH]2)CC1.O=C(NC1CCC(CCO)CC1)C1=Cc2ccccc2C1.O=CCC1CCC(NC(=O)C2=Cc3ccccc3C2)CC1. The number of alkyl carbamates (subject to hydrolysis) is 2. The molecule has 682 valence electrons. The first kappa shape index (κ1) is 97.6. The van der Waals surface area contributed by atoms with Crippen LogP contribution < -0.4 is 43.4 Å². The minimum atomic E-state index is -0.737. The van der Waals surface area contributed by atoms with Crippen molar-refractivity contribution in [2.75, 3.05) is 57.5 Å². The van der Waals surface area contributed by atoms with Crippen LogP contribution in [0.5, 0.6) is 0 Å². The predicted octanol–water partition coefficient (Wildman–Crippen LogP) is 15.6. The Labute approximate surface area is 739 Å². The van der Waals surface area contributed by atoms with Gasteiger partial charge in [0.15, 0.2) is 0 Å². The lowest BCUT2D eigenvalue weighted by molar-refractivity contribution is -0.138. The number of amides is 5. The predicted molar refractivity (Wildman–Crippen MR) is 490 cm³/mol. The number of carbonyl (C=O) groups is 7. The lowest BCUT2D eigenvalue weighted by atomic mass is 9.84. The van der Waals surface area contributed by atoms with Crippen LogP contribution in [0.4, 0.5) is 21.2 Å². The number of carboxylic acid groups (broad SMARTS) is 1. The molecule has 0 bridgehead atoms. The lowest BCUT2D eigenvalue weighted by Crippen LogP contribution is -2.46. The number of anilines is 2. The zero-order valence-electron chi connectivity index (χ0n) is 75.2. The van der Waals surface area contributed by atoms with Gasteiger partial charge in [0, 0.05) is 140 Å². The number of H-pyrrole nitrogens is 1. The average molecular weight is 1720 g/mol. The largest absolute Gasteiger partial charge is 0.481 e. The highest BCUT2D eigenvalue weighted by Gasteiger charge is 2.34. The summed E-state index contributed by atoms with van der Waals surface area (Å²) in [4.78, 5) is 95.8. The van der Waals surface area contributed by atoms with Crippen molar-refractivity contribution in [1.29, 1.82) is 0 Å². The number of nitrogens with two attached hydrogens (primary N) is 2. The molecule has 2 aliphatic heterocycles. The fourth-order valence-electron chi connectivity index (χ4n) is 18.2. The molecule has 5 amide bonds. The van der Waals surface area contributed by atoms with Crippen LogP contribution in [-0.4, -0.2) is 177 Å². The summed E-state index contributed by atoms with van der Waals surface area (Å²) in [6, 6.07) is 36.0. The summed E-state index contributed by atoms with van der Waals surface area (Å²) in [5.41, 5.74) is 20.7. The first-order valence-electron chi connectivity index (χ1n) is 46.1. The van der Waals surface area contributed by atoms with Crippen molar-refractivity contribution in [3.05, 3.63) is 166 Å². The molecule has 0 radical (unpaired) electrons. The molecular formula is C99H142N12O14. The third kappa shape index (κ3) is 33.3. The van der Waals surface area contributed by atoms with E-state index in [0.717, 1.165) is 219 Å². The third-order valence-corrected chi connectivity index (χ3v) is 25.5. The number of hydrogen-bond acceptors (Lipinski definition) is 19. The number of aliphatic hydroxyl groups excluding tert-OH is 2. The molecule has 3 aromatic heterocycles. The molecule has 5 heterocycles. The maximum absolute atomic E-state index is 12.7. The number of ether oxygens (including phenoxy) is 4. The Morgan fingerprint density at radius 1 is 0.520 bits per heavy atom. The van der Waals surface area contributed by atoms with E-state index in [9.17, 15) is 33.6 Å². The van der Waals surface area contributed by atoms with Crippen LogP contribution in [0.1, 0.15) is 272 Å². The number of carbonyl (C=O) groups excluding carboxylic acids is 6. The van der Waals surface area contributed by atoms with Crippen LogP contribution >= 0.6 is 0 Å². The number of carboxylic acids is 1. The number of pyridine rings is 2. The number of aromatic amines is 1. The van der Waals surface area contributed by atoms with Gasteiger partial charge in [-0.05, 0) is 298 Å². The van der Waals surface area contributed by atoms with E-state index in [1.807, 2.05) is 133 Å². The highest BCUT2D eigenvalue weighted by atomic mass is 16.6. The first-order chi connectivity index (χ1) is 60.0. The molecule has 4 atom stereocenters. The number of fused-ring (bicyclic) bond motifs is 3. The molecule has 9 aliphatic rings. The molecule has 0 unspecified atom stereocenters. The number of morpholine rings is 2. The number of aliphatic carboxylic acids is 1. The zero-order valence-corrected chi connectivity index (χ0v) is 75.2. The zero-order chi connectivity index (χ0) is 89.4. The van der Waals surface area contributed by atoms with Crippen LogP contribution in [0, 0.1) is 29.6 Å². The quantitative estimate of drug-likeness (QED) is 0.0298. The van der Waals surface area contributed by atoms with Crippen LogP contribution in [0.2, 0.25) is 0 Å². The topological polar surface area (TPSA) is 386 Å². The Bertz CT molecular complexity index is 4380. The summed E-state index contributed by atoms with van der Waals surface area (Å²) in [7, 11) is 0. The van der Waals surface area contributed by atoms with E-state index in [1.54, 1.807) is 12.3 Å². The minimum absolute atomic E-state index is 0.00462. The summed E-state index contributed by atoms with van der Waals surface area (Å²) in [6.45, 7) is 20.3. The van der Waals surface area contributed by atoms with Crippen molar-refractivity contribution in [3.63, 3.8) is 0 Å². The second-order valence-corrected chi connectivity index (χ2v) is 37.8. The number of nitrogens with zero attached hydrogens (tertiary/aromatic N) is 3. The number of hydrogen-bond donors (Lipinski definition) is 12. The molecule has 7 fully saturated rings. The lowest BCUT2D eigenvalue weighted by Gasteiger charge is -2.39. The van der Waals surface area contributed by atoms with Gasteiger partial charge in [-0.2, -0.15) is 0 Å². The van der Waals surface area contributed by atoms with Crippen molar-refractivity contribution in [1.82, 2.24) is 51.8 Å². The van der Waals surface area contributed by atoms with Crippen LogP contribution in [0.25, 0.3) is 23.1 Å². The third-order valence-electron chi connectivity index (χ3n) is 25.5. The molecule has 26 heteroatoms. The van der Waals surface area contributed by atoms with E-state index < -0.39 is 17.2 Å². The highest BCUT2D eigenvalue weighted by molar-refractivity contribution is 6.01. The minimum Gasteiger partial charge on any atom is -0.481 e. The van der Waals surface area contributed by atoms with Gasteiger partial charge in [0.25, 0.3) is 5.91 Å². The summed E-state index contributed by atoms with van der Waals surface area (Å²) < 4.78 is 22.2. The Hall–Kier alpha value is -9.57. The van der Waals surface area contributed by atoms with Crippen molar-refractivity contribution in [2.24, 2.45) is 29.6 Å². The summed E-state index contributed by atoms with van der Waals surface area (Å²) in [6.07, 6.45) is 33.8. The molecule has 2 saturated heterocycles. The van der Waals surface area contributed by atoms with Crippen LogP contribution in [0.15, 0.2) is 127 Å². The molecule has 14 N–H and O–H groups in total. The van der Waals surface area contributed by atoms with Gasteiger partial charge in [0.1, 0.15) is 34.8 Å². The van der Waals surface area contributed by atoms with Gasteiger partial charge in [-0.25, -0.2) is 19.6 Å². The van der Waals surface area contributed by atoms with Gasteiger partial charge in [0.2, 0.25) is 11.8 Å². The van der Waals surface area contributed by atoms with Crippen LogP contribution in [-0.2, 0) is 51.0 Å². The Balaban J connectivity index is 0.000000161. The summed E-state index contributed by atoms with van der Waals surface area (Å²) in [5.74, 6) is 3.27. The van der Waals surface area contributed by atoms with E-state index in [0.29, 0.717) is 65.5 Å². The molecule has 0 spiro atoms. The van der Waals surface area contributed by atoms with Gasteiger partial charge in [-0.1, -0.05) is 78.9 Å². The first-order valence-corrected chi connectivity index (χ1v) is 46.1. The van der Waals surface area contributed by atoms with Crippen molar-refractivity contribution < 1.29 is 67.8 Å². The van der Waals surface area contributed by atoms with Crippen molar-refractivity contribution >= 4 is 76.9 Å². The Morgan fingerprint density at radius 3 is 1.37 bits per heavy atom. The Morgan fingerprint density at radius 2 is 0.944 bits per heavy atom. The number of benzene rings is 3. The molecule has 15 rings (SSSR count). The normalized spacial score (nSPS) is 25.2. The maximum atomic E-state index is 12.7. The summed E-state index contributed by atoms with van der Waals surface area (Å²) >= 11 is 0. The molecular weight excluding hydrogens is 1580 g/mol. The second kappa shape index (κ2) is 48.9. The monoisotopic (exact) mass is 1720 g/mol. The number of aldehydes is 1.